The van der Waals surface area contributed by atoms with Gasteiger partial charge in [0.2, 0.25) is 11.8 Å². The Hall–Kier alpha value is -5.29. The number of ether oxygens (including phenoxy) is 1. The van der Waals surface area contributed by atoms with E-state index in [-0.39, 0.29) is 5.91 Å². The van der Waals surface area contributed by atoms with Crippen LogP contribution in [0.5, 0.6) is 0 Å². The van der Waals surface area contributed by atoms with Gasteiger partial charge in [-0.1, -0.05) is 18.2 Å². The summed E-state index contributed by atoms with van der Waals surface area (Å²) < 4.78 is 22.7. The predicted molar refractivity (Wildman–Crippen MR) is 187 cm³/mol. The number of nitrogens with zero attached hydrogens (tertiary/aromatic N) is 9. The van der Waals surface area contributed by atoms with Crippen LogP contribution in [0.3, 0.4) is 0 Å². The minimum atomic E-state index is -0.648. The quantitative estimate of drug-likeness (QED) is 0.220. The summed E-state index contributed by atoms with van der Waals surface area (Å²) in [6, 6.07) is 13.3. The zero-order valence-electron chi connectivity index (χ0n) is 28.9. The highest BCUT2D eigenvalue weighted by Crippen LogP contribution is 2.33. The molecular formula is C35H40FN11O4. The minimum Gasteiger partial charge on any atom is -0.383 e. The van der Waals surface area contributed by atoms with Crippen molar-refractivity contribution in [3.05, 3.63) is 83.8 Å². The lowest BCUT2D eigenvalue weighted by atomic mass is 10.0. The molecule has 2 saturated heterocycles. The van der Waals surface area contributed by atoms with Gasteiger partial charge in [0.1, 0.15) is 17.4 Å². The van der Waals surface area contributed by atoms with Crippen molar-refractivity contribution in [1.82, 2.24) is 49.5 Å². The molecule has 2 fully saturated rings. The molecule has 2 atom stereocenters. The van der Waals surface area contributed by atoms with Gasteiger partial charge in [0.05, 0.1) is 24.0 Å². The number of rotatable bonds is 9. The Labute approximate surface area is 293 Å². The van der Waals surface area contributed by atoms with Gasteiger partial charge in [-0.25, -0.2) is 24.4 Å². The summed E-state index contributed by atoms with van der Waals surface area (Å²) in [6.07, 6.45) is 2.42. The summed E-state index contributed by atoms with van der Waals surface area (Å²) >= 11 is 0. The number of urea groups is 1. The smallest absolute Gasteiger partial charge is 0.320 e. The third-order valence-corrected chi connectivity index (χ3v) is 9.29. The van der Waals surface area contributed by atoms with Gasteiger partial charge in [0.15, 0.2) is 5.65 Å². The fourth-order valence-corrected chi connectivity index (χ4v) is 6.47. The third-order valence-electron chi connectivity index (χ3n) is 9.29. The van der Waals surface area contributed by atoms with Crippen molar-refractivity contribution in [3.8, 4) is 16.9 Å². The van der Waals surface area contributed by atoms with Gasteiger partial charge in [-0.2, -0.15) is 14.6 Å². The van der Waals surface area contributed by atoms with E-state index in [1.54, 1.807) is 40.7 Å². The molecule has 51 heavy (non-hydrogen) atoms. The van der Waals surface area contributed by atoms with Gasteiger partial charge >= 0.3 is 6.03 Å². The number of carbonyl (C=O) groups excluding carboxylic acids is 2. The molecule has 2 N–H and O–H groups in total. The molecule has 16 heteroatoms. The van der Waals surface area contributed by atoms with Gasteiger partial charge in [0.25, 0.3) is 5.91 Å². The van der Waals surface area contributed by atoms with E-state index in [9.17, 15) is 14.0 Å². The molecule has 2 aliphatic heterocycles. The minimum absolute atomic E-state index is 0.127. The maximum absolute atomic E-state index is 14.1. The molecule has 3 amide bonds. The van der Waals surface area contributed by atoms with Crippen LogP contribution in [0.25, 0.3) is 28.1 Å². The Morgan fingerprint density at radius 2 is 1.84 bits per heavy atom. The molecule has 0 radical (unpaired) electrons. The number of hydroxylamine groups is 2. The zero-order valence-corrected chi connectivity index (χ0v) is 28.9. The second kappa shape index (κ2) is 14.5. The first-order valence-corrected chi connectivity index (χ1v) is 16.8. The van der Waals surface area contributed by atoms with Crippen LogP contribution in [0.15, 0.2) is 60.9 Å². The van der Waals surface area contributed by atoms with E-state index < -0.39 is 24.1 Å². The number of pyridine rings is 2. The molecule has 0 unspecified atom stereocenters. The highest BCUT2D eigenvalue weighted by molar-refractivity contribution is 5.95. The van der Waals surface area contributed by atoms with E-state index in [0.29, 0.717) is 78.0 Å². The third kappa shape index (κ3) is 7.03. The van der Waals surface area contributed by atoms with Crippen LogP contribution in [0.2, 0.25) is 0 Å². The van der Waals surface area contributed by atoms with Crippen LogP contribution in [-0.2, 0) is 16.6 Å². The Bertz CT molecular complexity index is 2040. The summed E-state index contributed by atoms with van der Waals surface area (Å²) in [5, 5.41) is 12.7. The second-order valence-electron chi connectivity index (χ2n) is 12.7. The molecule has 0 bridgehead atoms. The van der Waals surface area contributed by atoms with Gasteiger partial charge in [-0.05, 0) is 49.9 Å². The normalized spacial score (nSPS) is 18.4. The lowest BCUT2D eigenvalue weighted by Crippen LogP contribution is -2.47. The van der Waals surface area contributed by atoms with E-state index in [4.69, 9.17) is 19.7 Å². The van der Waals surface area contributed by atoms with Crippen LogP contribution >= 0.6 is 0 Å². The molecule has 4 aromatic heterocycles. The number of imidazole rings is 1. The topological polar surface area (TPSA) is 148 Å². The molecule has 0 saturated carbocycles. The van der Waals surface area contributed by atoms with E-state index >= 15 is 0 Å². The molecule has 5 aromatic rings. The number of likely N-dealkylation sites (N-methyl/N-ethyl adjacent to an activating group) is 1. The number of aromatic nitrogens is 6. The molecular weight excluding hydrogens is 657 g/mol. The Morgan fingerprint density at radius 3 is 2.59 bits per heavy atom. The predicted octanol–water partition coefficient (Wildman–Crippen LogP) is 3.18. The summed E-state index contributed by atoms with van der Waals surface area (Å²) in [7, 11) is 5.44. The van der Waals surface area contributed by atoms with E-state index in [0.717, 1.165) is 18.8 Å². The lowest BCUT2D eigenvalue weighted by Gasteiger charge is -2.32. The van der Waals surface area contributed by atoms with E-state index in [1.165, 1.54) is 12.3 Å². The first kappa shape index (κ1) is 34.2. The number of amides is 3. The zero-order chi connectivity index (χ0) is 35.6. The van der Waals surface area contributed by atoms with Crippen molar-refractivity contribution >= 4 is 28.9 Å². The SMILES string of the molecule is COCCN1C[C@@H](NC(=O)Nc2c(C)c(-c3cnc4c(c3)nc(C(=O)N3CCN(C)CC3)n4C)nn2-c2ccccc2)[C@H](c2ccnc(F)c2)O1. The summed E-state index contributed by atoms with van der Waals surface area (Å²) in [5.74, 6) is 0.00966. The van der Waals surface area contributed by atoms with Crippen molar-refractivity contribution in [2.75, 3.05) is 65.3 Å². The number of piperazine rings is 1. The largest absolute Gasteiger partial charge is 0.383 e. The van der Waals surface area contributed by atoms with Gasteiger partial charge in [-0.15, -0.1) is 0 Å². The number of benzene rings is 1. The highest BCUT2D eigenvalue weighted by atomic mass is 19.1. The second-order valence-corrected chi connectivity index (χ2v) is 12.7. The first-order chi connectivity index (χ1) is 24.7. The van der Waals surface area contributed by atoms with E-state index in [1.807, 2.05) is 55.3 Å². The maximum Gasteiger partial charge on any atom is 0.320 e. The van der Waals surface area contributed by atoms with E-state index in [2.05, 4.69) is 25.5 Å². The molecule has 1 aromatic carbocycles. The number of hydrogen-bond acceptors (Lipinski definition) is 10. The molecule has 6 heterocycles. The number of methoxy groups -OCH3 is 1. The van der Waals surface area contributed by atoms with Gasteiger partial charge in [0, 0.05) is 76.9 Å². The van der Waals surface area contributed by atoms with Crippen LogP contribution in [0.1, 0.15) is 27.8 Å². The number of para-hydroxylation sites is 1. The molecule has 0 spiro atoms. The van der Waals surface area contributed by atoms with Crippen LogP contribution in [0, 0.1) is 12.9 Å². The summed E-state index contributed by atoms with van der Waals surface area (Å²) in [6.45, 7) is 5.99. The molecule has 266 valence electrons. The summed E-state index contributed by atoms with van der Waals surface area (Å²) in [5.41, 5.74) is 4.37. The highest BCUT2D eigenvalue weighted by Gasteiger charge is 2.37. The van der Waals surface area contributed by atoms with Crippen molar-refractivity contribution in [1.29, 1.82) is 0 Å². The number of carbonyl (C=O) groups is 2. The Kier molecular flexibility index (Phi) is 9.73. The van der Waals surface area contributed by atoms with Gasteiger partial charge < -0.3 is 24.4 Å². The molecule has 15 nitrogen and oxygen atoms in total. The number of hydrogen-bond donors (Lipinski definition) is 2. The fraction of sp³-hybridized carbons (Fsp3) is 0.371. The average Bonchev–Trinajstić information content (AvgIpc) is 3.80. The molecule has 7 rings (SSSR count). The van der Waals surface area contributed by atoms with Gasteiger partial charge in [-0.3, -0.25) is 14.9 Å². The number of fused-ring (bicyclic) bond motifs is 1. The monoisotopic (exact) mass is 697 g/mol. The Balaban J connectivity index is 1.17. The number of nitrogens with one attached hydrogen (secondary N) is 2. The van der Waals surface area contributed by atoms with Crippen molar-refractivity contribution < 1.29 is 23.6 Å². The van der Waals surface area contributed by atoms with Crippen molar-refractivity contribution in [2.24, 2.45) is 7.05 Å². The first-order valence-electron chi connectivity index (χ1n) is 16.8. The number of halogens is 1. The van der Waals surface area contributed by atoms with Crippen LogP contribution < -0.4 is 10.6 Å². The standard InChI is InChI=1S/C35H40FN11O4/c1-22-29(24-18-26-32(38-20-24)44(3)33(39-26)34(48)45-14-12-43(2)13-15-45)42-47(25-8-6-5-7-9-25)31(22)41-35(49)40-27-21-46(16-17-50-4)51-30(27)23-10-11-37-28(36)19-23/h5-11,18-20,27,30H,12-17,21H2,1-4H3,(H2,40,41,49)/t27-,30+/m1/s1. The van der Waals surface area contributed by atoms with Crippen LogP contribution in [-0.4, -0.2) is 122 Å². The summed E-state index contributed by atoms with van der Waals surface area (Å²) in [4.78, 5) is 50.3. The van der Waals surface area contributed by atoms with Crippen molar-refractivity contribution in [2.45, 2.75) is 19.1 Å². The lowest BCUT2D eigenvalue weighted by molar-refractivity contribution is -0.154. The maximum atomic E-state index is 14.1. The Morgan fingerprint density at radius 1 is 1.06 bits per heavy atom. The van der Waals surface area contributed by atoms with Crippen molar-refractivity contribution in [3.63, 3.8) is 0 Å². The number of aryl methyl sites for hydroxylation is 1. The fourth-order valence-electron chi connectivity index (χ4n) is 6.47. The average molecular weight is 698 g/mol. The molecule has 0 aliphatic carbocycles. The van der Waals surface area contributed by atoms with Crippen LogP contribution in [0.4, 0.5) is 15.0 Å². The molecule has 2 aliphatic rings. The number of anilines is 1.